The maximum atomic E-state index is 12.9. The second-order valence-corrected chi connectivity index (χ2v) is 9.87. The molecule has 0 aliphatic rings. The Kier molecular flexibility index (Phi) is 5.31. The van der Waals surface area contributed by atoms with E-state index in [0.29, 0.717) is 11.5 Å². The molecule has 0 saturated heterocycles. The minimum atomic E-state index is -3.83. The number of fused-ring (bicyclic) bond motifs is 1. The molecule has 0 aliphatic carbocycles. The van der Waals surface area contributed by atoms with E-state index < -0.39 is 15.6 Å². The number of sulfonamides is 1. The number of pyridine rings is 1. The third-order valence-corrected chi connectivity index (χ3v) is 6.06. The number of nitrogens with one attached hydrogen (secondary N) is 1. The molecule has 3 aromatic rings. The van der Waals surface area contributed by atoms with E-state index in [2.05, 4.69) is 14.7 Å². The highest BCUT2D eigenvalue weighted by Gasteiger charge is 2.27. The Morgan fingerprint density at radius 2 is 1.86 bits per heavy atom. The molecule has 0 unspecified atom stereocenters. The van der Waals surface area contributed by atoms with Crippen LogP contribution in [-0.4, -0.2) is 35.6 Å². The summed E-state index contributed by atoms with van der Waals surface area (Å²) in [6.07, 6.45) is 1.59. The first-order valence-electron chi connectivity index (χ1n) is 9.29. The first-order valence-corrected chi connectivity index (χ1v) is 10.8. The Morgan fingerprint density at radius 1 is 1.17 bits per heavy atom. The largest absolute Gasteiger partial charge is 0.480 e. The normalized spacial score (nSPS) is 12.7. The van der Waals surface area contributed by atoms with Crippen molar-refractivity contribution in [2.45, 2.75) is 51.1 Å². The van der Waals surface area contributed by atoms with Gasteiger partial charge in [0, 0.05) is 23.3 Å². The van der Waals surface area contributed by atoms with Crippen molar-refractivity contribution in [2.24, 2.45) is 0 Å². The average molecular weight is 418 g/mol. The zero-order valence-electron chi connectivity index (χ0n) is 17.5. The first kappa shape index (κ1) is 21.1. The highest BCUT2D eigenvalue weighted by molar-refractivity contribution is 7.89. The van der Waals surface area contributed by atoms with Crippen LogP contribution in [0.5, 0.6) is 5.88 Å². The Balaban J connectivity index is 2.16. The maximum absolute atomic E-state index is 12.9. The van der Waals surface area contributed by atoms with Gasteiger partial charge in [0.2, 0.25) is 21.9 Å². The summed E-state index contributed by atoms with van der Waals surface area (Å²) in [6, 6.07) is 7.38. The molecule has 3 rings (SSSR count). The molecule has 3 N–H and O–H groups in total. The fourth-order valence-electron chi connectivity index (χ4n) is 3.23. The molecule has 29 heavy (non-hydrogen) atoms. The monoisotopic (exact) mass is 417 g/mol. The smallest absolute Gasteiger partial charge is 0.246 e. The van der Waals surface area contributed by atoms with E-state index in [4.69, 9.17) is 10.5 Å². The summed E-state index contributed by atoms with van der Waals surface area (Å²) < 4.78 is 35.6. The minimum Gasteiger partial charge on any atom is -0.480 e. The summed E-state index contributed by atoms with van der Waals surface area (Å²) >= 11 is 0. The van der Waals surface area contributed by atoms with Crippen LogP contribution in [-0.2, 0) is 10.0 Å². The van der Waals surface area contributed by atoms with Crippen LogP contribution in [0.3, 0.4) is 0 Å². The number of imidazole rings is 1. The van der Waals surface area contributed by atoms with Gasteiger partial charge in [-0.25, -0.2) is 23.1 Å². The van der Waals surface area contributed by atoms with E-state index in [9.17, 15) is 8.42 Å². The van der Waals surface area contributed by atoms with Crippen LogP contribution < -0.4 is 15.2 Å². The molecule has 0 amide bonds. The number of aromatic nitrogens is 3. The van der Waals surface area contributed by atoms with Crippen molar-refractivity contribution >= 4 is 27.0 Å². The molecule has 8 nitrogen and oxygen atoms in total. The van der Waals surface area contributed by atoms with Crippen molar-refractivity contribution < 1.29 is 13.2 Å². The number of nitrogen functional groups attached to an aromatic ring is 1. The fraction of sp³-hybridized carbons (Fsp3) is 0.400. The van der Waals surface area contributed by atoms with Crippen LogP contribution in [0.15, 0.2) is 35.4 Å². The number of hydrogen-bond acceptors (Lipinski definition) is 6. The lowest BCUT2D eigenvalue weighted by molar-refractivity contribution is 0.384. The number of anilines is 1. The fourth-order valence-corrected chi connectivity index (χ4v) is 4.79. The Morgan fingerprint density at radius 3 is 2.45 bits per heavy atom. The average Bonchev–Trinajstić information content (AvgIpc) is 2.94. The molecule has 2 aromatic heterocycles. The number of nitrogens with two attached hydrogens (primary N) is 1. The van der Waals surface area contributed by atoms with Gasteiger partial charge in [-0.1, -0.05) is 6.07 Å². The topological polar surface area (TPSA) is 112 Å². The van der Waals surface area contributed by atoms with Crippen molar-refractivity contribution in [3.63, 3.8) is 0 Å². The van der Waals surface area contributed by atoms with Crippen LogP contribution in [0, 0.1) is 0 Å². The number of ether oxygens (including phenoxy) is 1. The first-order chi connectivity index (χ1) is 13.4. The lowest BCUT2D eigenvalue weighted by Gasteiger charge is -2.21. The molecule has 2 heterocycles. The third-order valence-electron chi connectivity index (χ3n) is 4.31. The summed E-state index contributed by atoms with van der Waals surface area (Å²) in [6.45, 7) is 9.39. The summed E-state index contributed by atoms with van der Waals surface area (Å²) in [4.78, 5) is 8.61. The van der Waals surface area contributed by atoms with E-state index >= 15 is 0 Å². The highest BCUT2D eigenvalue weighted by atomic mass is 32.2. The van der Waals surface area contributed by atoms with E-state index in [1.54, 1.807) is 33.0 Å². The maximum Gasteiger partial charge on any atom is 0.246 e. The van der Waals surface area contributed by atoms with Gasteiger partial charge in [-0.2, -0.15) is 0 Å². The van der Waals surface area contributed by atoms with Crippen LogP contribution >= 0.6 is 0 Å². The number of rotatable bonds is 5. The standard InChI is InChI=1S/C20H27N5O3S/c1-12(2)25-16-9-13(7-8-15(16)23-19(25)21)14-10-17(18(28-6)22-11-14)29(26,27)24-20(3,4)5/h7-12,24H,1-6H3,(H2,21,23). The van der Waals surface area contributed by atoms with E-state index in [1.807, 2.05) is 36.6 Å². The van der Waals surface area contributed by atoms with Gasteiger partial charge < -0.3 is 15.0 Å². The molecule has 1 aromatic carbocycles. The number of methoxy groups -OCH3 is 1. The molecule has 0 bridgehead atoms. The van der Waals surface area contributed by atoms with Crippen molar-refractivity contribution in [3.8, 4) is 17.0 Å². The van der Waals surface area contributed by atoms with Gasteiger partial charge in [-0.05, 0) is 58.4 Å². The second-order valence-electron chi connectivity index (χ2n) is 8.22. The molecule has 9 heteroatoms. The zero-order valence-corrected chi connectivity index (χ0v) is 18.3. The quantitative estimate of drug-likeness (QED) is 0.658. The van der Waals surface area contributed by atoms with Gasteiger partial charge >= 0.3 is 0 Å². The van der Waals surface area contributed by atoms with Gasteiger partial charge in [0.05, 0.1) is 18.1 Å². The van der Waals surface area contributed by atoms with Crippen LogP contribution in [0.4, 0.5) is 5.95 Å². The molecule has 0 saturated carbocycles. The Hall–Kier alpha value is -2.65. The molecule has 156 valence electrons. The predicted molar refractivity (Wildman–Crippen MR) is 114 cm³/mol. The van der Waals surface area contributed by atoms with Crippen molar-refractivity contribution in [2.75, 3.05) is 12.8 Å². The number of hydrogen-bond donors (Lipinski definition) is 2. The summed E-state index contributed by atoms with van der Waals surface area (Å²) in [5.41, 5.74) is 8.53. The Bertz CT molecular complexity index is 1160. The molecule has 0 spiro atoms. The lowest BCUT2D eigenvalue weighted by atomic mass is 10.1. The van der Waals surface area contributed by atoms with Gasteiger partial charge in [-0.15, -0.1) is 0 Å². The molecule has 0 radical (unpaired) electrons. The summed E-state index contributed by atoms with van der Waals surface area (Å²) in [5, 5.41) is 0. The molecular weight excluding hydrogens is 390 g/mol. The lowest BCUT2D eigenvalue weighted by Crippen LogP contribution is -2.40. The number of benzene rings is 1. The SMILES string of the molecule is COc1ncc(-c2ccc3nc(N)n(C(C)C)c3c2)cc1S(=O)(=O)NC(C)(C)C. The number of nitrogens with zero attached hydrogens (tertiary/aromatic N) is 3. The van der Waals surface area contributed by atoms with Crippen molar-refractivity contribution in [1.82, 2.24) is 19.3 Å². The van der Waals surface area contributed by atoms with Gasteiger partial charge in [0.25, 0.3) is 0 Å². The Labute approximate surface area is 171 Å². The van der Waals surface area contributed by atoms with Crippen LogP contribution in [0.2, 0.25) is 0 Å². The highest BCUT2D eigenvalue weighted by Crippen LogP contribution is 2.31. The van der Waals surface area contributed by atoms with Crippen LogP contribution in [0.1, 0.15) is 40.7 Å². The summed E-state index contributed by atoms with van der Waals surface area (Å²) in [7, 11) is -2.43. The van der Waals surface area contributed by atoms with E-state index in [-0.39, 0.29) is 16.8 Å². The van der Waals surface area contributed by atoms with Crippen molar-refractivity contribution in [1.29, 1.82) is 0 Å². The van der Waals surface area contributed by atoms with Crippen LogP contribution in [0.25, 0.3) is 22.2 Å². The molecular formula is C20H27N5O3S. The summed E-state index contributed by atoms with van der Waals surface area (Å²) in [5.74, 6) is 0.487. The predicted octanol–water partition coefficient (Wildman–Crippen LogP) is 3.35. The second kappa shape index (κ2) is 7.31. The van der Waals surface area contributed by atoms with Crippen molar-refractivity contribution in [3.05, 3.63) is 30.5 Å². The molecule has 0 atom stereocenters. The zero-order chi connectivity index (χ0) is 21.6. The van der Waals surface area contributed by atoms with Gasteiger partial charge in [0.15, 0.2) is 0 Å². The van der Waals surface area contributed by atoms with Gasteiger partial charge in [-0.3, -0.25) is 0 Å². The third kappa shape index (κ3) is 4.20. The minimum absolute atomic E-state index is 0.00981. The molecule has 0 aliphatic heterocycles. The van der Waals surface area contributed by atoms with E-state index in [1.165, 1.54) is 7.11 Å². The van der Waals surface area contributed by atoms with Gasteiger partial charge in [0.1, 0.15) is 4.90 Å². The van der Waals surface area contributed by atoms with E-state index in [0.717, 1.165) is 16.6 Å². The molecule has 0 fully saturated rings.